The molecule has 1 fully saturated rings. The molecule has 0 spiro atoms. The molecule has 0 aliphatic heterocycles. The zero-order valence-electron chi connectivity index (χ0n) is 10.9. The molecule has 0 amide bonds. The minimum Gasteiger partial charge on any atom is -0.469 e. The summed E-state index contributed by atoms with van der Waals surface area (Å²) in [5.74, 6) is 1.72. The third-order valence-electron chi connectivity index (χ3n) is 3.48. The fourth-order valence-electron chi connectivity index (χ4n) is 2.00. The van der Waals surface area contributed by atoms with Crippen molar-refractivity contribution in [1.82, 2.24) is 0 Å². The minimum absolute atomic E-state index is 0.107. The number of methoxy groups -OCH3 is 1. The number of rotatable bonds is 6. The van der Waals surface area contributed by atoms with E-state index in [2.05, 4.69) is 0 Å². The summed E-state index contributed by atoms with van der Waals surface area (Å²) < 4.78 is 4.74. The van der Waals surface area contributed by atoms with Crippen LogP contribution < -0.4 is 5.73 Å². The van der Waals surface area contributed by atoms with Crippen LogP contribution >= 0.6 is 23.4 Å². The molecule has 1 aromatic rings. The number of halogens is 1. The van der Waals surface area contributed by atoms with Crippen LogP contribution in [0.2, 0.25) is 5.02 Å². The molecule has 104 valence electrons. The van der Waals surface area contributed by atoms with Crippen molar-refractivity contribution in [3.05, 3.63) is 28.8 Å². The zero-order valence-corrected chi connectivity index (χ0v) is 12.5. The number of thioether (sulfide) groups is 1. The van der Waals surface area contributed by atoms with Crippen LogP contribution in [0.3, 0.4) is 0 Å². The van der Waals surface area contributed by atoms with E-state index in [9.17, 15) is 4.79 Å². The standard InChI is InChI=1S/C14H18ClNO2S/c1-18-13(17)7-14(4-5-14)9-19-8-10-2-3-11(15)6-12(10)16/h2-3,6H,4-5,7-9,16H2,1H3. The summed E-state index contributed by atoms with van der Waals surface area (Å²) in [7, 11) is 1.44. The van der Waals surface area contributed by atoms with Gasteiger partial charge in [-0.25, -0.2) is 0 Å². The fraction of sp³-hybridized carbons (Fsp3) is 0.500. The molecule has 2 N–H and O–H groups in total. The Morgan fingerprint density at radius 2 is 2.26 bits per heavy atom. The maximum absolute atomic E-state index is 11.3. The van der Waals surface area contributed by atoms with E-state index in [4.69, 9.17) is 22.1 Å². The molecular weight excluding hydrogens is 282 g/mol. The fourth-order valence-corrected chi connectivity index (χ4v) is 3.59. The van der Waals surface area contributed by atoms with Crippen molar-refractivity contribution in [2.75, 3.05) is 18.6 Å². The second-order valence-corrected chi connectivity index (χ2v) is 6.51. The highest BCUT2D eigenvalue weighted by molar-refractivity contribution is 7.98. The molecule has 0 bridgehead atoms. The van der Waals surface area contributed by atoms with Gasteiger partial charge in [-0.05, 0) is 41.7 Å². The normalized spacial score (nSPS) is 16.1. The Hall–Kier alpha value is -0.870. The summed E-state index contributed by atoms with van der Waals surface area (Å²) in [6, 6.07) is 5.60. The van der Waals surface area contributed by atoms with Gasteiger partial charge in [0.1, 0.15) is 0 Å². The van der Waals surface area contributed by atoms with Gasteiger partial charge in [-0.15, -0.1) is 0 Å². The van der Waals surface area contributed by atoms with Gasteiger partial charge in [0.15, 0.2) is 0 Å². The Kier molecular flexibility index (Phi) is 4.63. The molecule has 19 heavy (non-hydrogen) atoms. The molecule has 1 aromatic carbocycles. The van der Waals surface area contributed by atoms with Crippen molar-refractivity contribution < 1.29 is 9.53 Å². The number of esters is 1. The number of nitrogen functional groups attached to an aromatic ring is 1. The molecule has 3 nitrogen and oxygen atoms in total. The predicted molar refractivity (Wildman–Crippen MR) is 80.3 cm³/mol. The first-order valence-corrected chi connectivity index (χ1v) is 7.76. The highest BCUT2D eigenvalue weighted by Gasteiger charge is 2.44. The predicted octanol–water partition coefficient (Wildman–Crippen LogP) is 3.50. The van der Waals surface area contributed by atoms with E-state index >= 15 is 0 Å². The number of hydrogen-bond donors (Lipinski definition) is 1. The summed E-state index contributed by atoms with van der Waals surface area (Å²) in [5, 5.41) is 0.663. The van der Waals surface area contributed by atoms with Crippen LogP contribution in [0.4, 0.5) is 5.69 Å². The lowest BCUT2D eigenvalue weighted by Crippen LogP contribution is -2.13. The van der Waals surface area contributed by atoms with Crippen molar-refractivity contribution in [2.45, 2.75) is 25.0 Å². The van der Waals surface area contributed by atoms with Gasteiger partial charge in [-0.1, -0.05) is 17.7 Å². The lowest BCUT2D eigenvalue weighted by atomic mass is 10.1. The topological polar surface area (TPSA) is 52.3 Å². The Morgan fingerprint density at radius 3 is 2.84 bits per heavy atom. The van der Waals surface area contributed by atoms with E-state index in [-0.39, 0.29) is 11.4 Å². The van der Waals surface area contributed by atoms with Gasteiger partial charge in [0.25, 0.3) is 0 Å². The molecule has 0 atom stereocenters. The summed E-state index contributed by atoms with van der Waals surface area (Å²) in [6.45, 7) is 0. The second kappa shape index (κ2) is 6.06. The molecule has 0 radical (unpaired) electrons. The number of benzene rings is 1. The molecule has 0 aromatic heterocycles. The highest BCUT2D eigenvalue weighted by Crippen LogP contribution is 2.51. The molecule has 1 saturated carbocycles. The van der Waals surface area contributed by atoms with Crippen molar-refractivity contribution >= 4 is 35.0 Å². The summed E-state index contributed by atoms with van der Waals surface area (Å²) >= 11 is 7.69. The smallest absolute Gasteiger partial charge is 0.306 e. The minimum atomic E-state index is -0.107. The van der Waals surface area contributed by atoms with Crippen LogP contribution in [0.25, 0.3) is 0 Å². The maximum Gasteiger partial charge on any atom is 0.306 e. The van der Waals surface area contributed by atoms with Gasteiger partial charge in [-0.3, -0.25) is 4.79 Å². The number of anilines is 1. The van der Waals surface area contributed by atoms with Crippen LogP contribution in [0.1, 0.15) is 24.8 Å². The van der Waals surface area contributed by atoms with E-state index in [0.717, 1.165) is 35.6 Å². The van der Waals surface area contributed by atoms with Crippen LogP contribution in [0, 0.1) is 5.41 Å². The van der Waals surface area contributed by atoms with Gasteiger partial charge < -0.3 is 10.5 Å². The molecule has 0 saturated heterocycles. The monoisotopic (exact) mass is 299 g/mol. The van der Waals surface area contributed by atoms with Crippen LogP contribution in [-0.4, -0.2) is 18.8 Å². The van der Waals surface area contributed by atoms with Crippen molar-refractivity contribution in [3.8, 4) is 0 Å². The molecule has 0 unspecified atom stereocenters. The van der Waals surface area contributed by atoms with E-state index < -0.39 is 0 Å². The van der Waals surface area contributed by atoms with Crippen LogP contribution in [0.5, 0.6) is 0 Å². The lowest BCUT2D eigenvalue weighted by molar-refractivity contribution is -0.141. The zero-order chi connectivity index (χ0) is 13.9. The Bertz CT molecular complexity index is 475. The van der Waals surface area contributed by atoms with E-state index in [0.29, 0.717) is 11.4 Å². The molecule has 0 heterocycles. The largest absolute Gasteiger partial charge is 0.469 e. The summed E-state index contributed by atoms with van der Waals surface area (Å²) in [5.41, 5.74) is 7.92. The number of nitrogens with two attached hydrogens (primary N) is 1. The second-order valence-electron chi connectivity index (χ2n) is 5.09. The van der Waals surface area contributed by atoms with E-state index in [1.165, 1.54) is 7.11 Å². The Morgan fingerprint density at radius 1 is 1.53 bits per heavy atom. The third kappa shape index (κ3) is 4.05. The molecule has 1 aliphatic carbocycles. The summed E-state index contributed by atoms with van der Waals surface area (Å²) in [6.07, 6.45) is 2.77. The molecule has 1 aliphatic rings. The number of hydrogen-bond acceptors (Lipinski definition) is 4. The highest BCUT2D eigenvalue weighted by atomic mass is 35.5. The van der Waals surface area contributed by atoms with E-state index in [1.807, 2.05) is 23.9 Å². The van der Waals surface area contributed by atoms with Gasteiger partial charge in [0, 0.05) is 16.5 Å². The quantitative estimate of drug-likeness (QED) is 0.645. The molecule has 5 heteroatoms. The van der Waals surface area contributed by atoms with Gasteiger partial charge >= 0.3 is 5.97 Å². The molecular formula is C14H18ClNO2S. The van der Waals surface area contributed by atoms with Crippen molar-refractivity contribution in [3.63, 3.8) is 0 Å². The summed E-state index contributed by atoms with van der Waals surface area (Å²) in [4.78, 5) is 11.3. The van der Waals surface area contributed by atoms with Gasteiger partial charge in [0.2, 0.25) is 0 Å². The SMILES string of the molecule is COC(=O)CC1(CSCc2ccc(Cl)cc2N)CC1. The van der Waals surface area contributed by atoms with Crippen molar-refractivity contribution in [2.24, 2.45) is 5.41 Å². The Balaban J connectivity index is 1.82. The first-order valence-electron chi connectivity index (χ1n) is 6.23. The maximum atomic E-state index is 11.3. The molecule has 2 rings (SSSR count). The third-order valence-corrected chi connectivity index (χ3v) is 5.04. The first-order chi connectivity index (χ1) is 9.04. The average molecular weight is 300 g/mol. The number of carbonyl (C=O) groups excluding carboxylic acids is 1. The first kappa shape index (κ1) is 14.5. The van der Waals surface area contributed by atoms with Crippen LogP contribution in [-0.2, 0) is 15.3 Å². The lowest BCUT2D eigenvalue weighted by Gasteiger charge is -2.13. The van der Waals surface area contributed by atoms with E-state index in [1.54, 1.807) is 6.07 Å². The average Bonchev–Trinajstić information content (AvgIpc) is 3.12. The number of carbonyl (C=O) groups is 1. The Labute approximate surface area is 122 Å². The van der Waals surface area contributed by atoms with Crippen LogP contribution in [0.15, 0.2) is 18.2 Å². The van der Waals surface area contributed by atoms with Gasteiger partial charge in [-0.2, -0.15) is 11.8 Å². The van der Waals surface area contributed by atoms with Gasteiger partial charge in [0.05, 0.1) is 13.5 Å². The number of ether oxygens (including phenoxy) is 1. The van der Waals surface area contributed by atoms with Crippen molar-refractivity contribution in [1.29, 1.82) is 0 Å².